The summed E-state index contributed by atoms with van der Waals surface area (Å²) < 4.78 is 21.9. The van der Waals surface area contributed by atoms with Crippen LogP contribution in [0.1, 0.15) is 27.2 Å². The minimum Gasteiger partial charge on any atom is -0.472 e. The van der Waals surface area contributed by atoms with Gasteiger partial charge in [-0.2, -0.15) is 0 Å². The lowest BCUT2D eigenvalue weighted by Gasteiger charge is -2.47. The highest BCUT2D eigenvalue weighted by molar-refractivity contribution is 5.66. The summed E-state index contributed by atoms with van der Waals surface area (Å²) in [7, 11) is 0. The number of carbonyl (C=O) groups is 1. The molecule has 29 heavy (non-hydrogen) atoms. The van der Waals surface area contributed by atoms with Crippen LogP contribution in [0.4, 0.5) is 0 Å². The molecule has 11 nitrogen and oxygen atoms in total. The van der Waals surface area contributed by atoms with Crippen LogP contribution in [-0.2, 0) is 23.7 Å². The maximum absolute atomic E-state index is 11.6. The number of esters is 1. The molecule has 10 atom stereocenters. The van der Waals surface area contributed by atoms with Crippen LogP contribution >= 0.6 is 0 Å². The number of hydrogen-bond acceptors (Lipinski definition) is 11. The molecule has 1 aliphatic carbocycles. The smallest absolute Gasteiger partial charge is 0.303 e. The van der Waals surface area contributed by atoms with Crippen LogP contribution in [-0.4, -0.2) is 97.5 Å². The Hall–Kier alpha value is -1.31. The zero-order valence-electron chi connectivity index (χ0n) is 16.3. The average molecular weight is 420 g/mol. The SMILES string of the molecule is CC(=O)O[C@]1(C)C[C@H](O)[C@]2(O)C(C)=CO[C@H](O[C@@H]3O[C@H](CO)[C@@H](O)[C@@H](O)[C@H]3O)[C@@H]21. The average Bonchev–Trinajstić information content (AvgIpc) is 2.84. The van der Waals surface area contributed by atoms with Gasteiger partial charge in [0.1, 0.15) is 35.6 Å². The maximum atomic E-state index is 11.6. The van der Waals surface area contributed by atoms with Gasteiger partial charge in [0.25, 0.3) is 0 Å². The summed E-state index contributed by atoms with van der Waals surface area (Å²) in [5, 5.41) is 61.2. The first-order chi connectivity index (χ1) is 13.5. The number of hydrogen-bond donors (Lipinski definition) is 6. The van der Waals surface area contributed by atoms with E-state index < -0.39 is 72.8 Å². The number of aliphatic hydroxyl groups excluding tert-OH is 5. The van der Waals surface area contributed by atoms with Crippen LogP contribution in [0, 0.1) is 5.92 Å². The van der Waals surface area contributed by atoms with E-state index >= 15 is 0 Å². The van der Waals surface area contributed by atoms with Crippen molar-refractivity contribution in [2.75, 3.05) is 6.61 Å². The number of fused-ring (bicyclic) bond motifs is 1. The van der Waals surface area contributed by atoms with Gasteiger partial charge in [0.05, 0.1) is 24.9 Å². The van der Waals surface area contributed by atoms with Crippen molar-refractivity contribution in [3.63, 3.8) is 0 Å². The van der Waals surface area contributed by atoms with Crippen molar-refractivity contribution < 1.29 is 54.4 Å². The van der Waals surface area contributed by atoms with Gasteiger partial charge in [-0.3, -0.25) is 4.79 Å². The van der Waals surface area contributed by atoms with E-state index in [2.05, 4.69) is 0 Å². The Labute approximate surface area is 167 Å². The predicted octanol–water partition coefficient (Wildman–Crippen LogP) is -2.50. The fraction of sp³-hybridized carbons (Fsp3) is 0.833. The molecule has 0 bridgehead atoms. The van der Waals surface area contributed by atoms with Gasteiger partial charge in [-0.05, 0) is 19.4 Å². The predicted molar refractivity (Wildman–Crippen MR) is 92.7 cm³/mol. The lowest BCUT2D eigenvalue weighted by atomic mass is 9.77. The molecule has 0 aromatic rings. The zero-order chi connectivity index (χ0) is 21.7. The second-order valence-electron chi connectivity index (χ2n) is 8.07. The molecule has 0 amide bonds. The molecule has 0 unspecified atom stereocenters. The van der Waals surface area contributed by atoms with Crippen molar-refractivity contribution >= 4 is 5.97 Å². The number of aliphatic hydroxyl groups is 6. The van der Waals surface area contributed by atoms with Gasteiger partial charge in [0.15, 0.2) is 6.29 Å². The Kier molecular flexibility index (Phi) is 5.98. The van der Waals surface area contributed by atoms with E-state index in [1.54, 1.807) is 6.92 Å². The van der Waals surface area contributed by atoms with Crippen molar-refractivity contribution in [1.29, 1.82) is 0 Å². The molecule has 166 valence electrons. The van der Waals surface area contributed by atoms with Crippen LogP contribution in [0.15, 0.2) is 11.8 Å². The summed E-state index contributed by atoms with van der Waals surface area (Å²) in [6, 6.07) is 0. The van der Waals surface area contributed by atoms with Gasteiger partial charge in [-0.25, -0.2) is 0 Å². The molecule has 0 aromatic carbocycles. The number of ether oxygens (including phenoxy) is 4. The van der Waals surface area contributed by atoms with E-state index in [1.165, 1.54) is 20.1 Å². The molecule has 0 spiro atoms. The molecule has 2 fully saturated rings. The zero-order valence-corrected chi connectivity index (χ0v) is 16.3. The summed E-state index contributed by atoms with van der Waals surface area (Å²) in [6.07, 6.45) is -9.23. The minimum absolute atomic E-state index is 0.100. The van der Waals surface area contributed by atoms with Crippen LogP contribution in [0.5, 0.6) is 0 Å². The molecule has 1 saturated heterocycles. The van der Waals surface area contributed by atoms with Gasteiger partial charge >= 0.3 is 5.97 Å². The van der Waals surface area contributed by atoms with Crippen LogP contribution in [0.3, 0.4) is 0 Å². The highest BCUT2D eigenvalue weighted by Gasteiger charge is 2.68. The van der Waals surface area contributed by atoms with E-state index in [-0.39, 0.29) is 6.42 Å². The minimum atomic E-state index is -1.85. The fourth-order valence-electron chi connectivity index (χ4n) is 4.54. The molecule has 1 saturated carbocycles. The Morgan fingerprint density at radius 1 is 1.21 bits per heavy atom. The number of carbonyl (C=O) groups excluding carboxylic acids is 1. The van der Waals surface area contributed by atoms with Crippen LogP contribution in [0.2, 0.25) is 0 Å². The lowest BCUT2D eigenvalue weighted by molar-refractivity contribution is -0.352. The third-order valence-corrected chi connectivity index (χ3v) is 6.02. The normalized spacial score (nSPS) is 49.8. The molecular weight excluding hydrogens is 392 g/mol. The summed E-state index contributed by atoms with van der Waals surface area (Å²) in [5.74, 6) is -1.74. The lowest BCUT2D eigenvalue weighted by Crippen LogP contribution is -2.62. The van der Waals surface area contributed by atoms with E-state index in [4.69, 9.17) is 18.9 Å². The van der Waals surface area contributed by atoms with Gasteiger partial charge < -0.3 is 49.6 Å². The largest absolute Gasteiger partial charge is 0.472 e. The van der Waals surface area contributed by atoms with E-state index in [1.807, 2.05) is 0 Å². The highest BCUT2D eigenvalue weighted by Crippen LogP contribution is 2.53. The van der Waals surface area contributed by atoms with Crippen molar-refractivity contribution in [1.82, 2.24) is 0 Å². The molecule has 2 aliphatic heterocycles. The fourth-order valence-corrected chi connectivity index (χ4v) is 4.54. The molecule has 2 heterocycles. The molecule has 0 aromatic heterocycles. The molecule has 3 rings (SSSR count). The number of rotatable bonds is 4. The van der Waals surface area contributed by atoms with Crippen molar-refractivity contribution in [2.45, 2.75) is 81.5 Å². The first kappa shape index (κ1) is 22.4. The monoisotopic (exact) mass is 420 g/mol. The van der Waals surface area contributed by atoms with Crippen molar-refractivity contribution in [3.8, 4) is 0 Å². The van der Waals surface area contributed by atoms with Crippen LogP contribution in [0.25, 0.3) is 0 Å². The second kappa shape index (κ2) is 7.75. The molecule has 6 N–H and O–H groups in total. The van der Waals surface area contributed by atoms with Gasteiger partial charge in [-0.15, -0.1) is 0 Å². The summed E-state index contributed by atoms with van der Waals surface area (Å²) in [6.45, 7) is 3.60. The Morgan fingerprint density at radius 3 is 2.45 bits per heavy atom. The van der Waals surface area contributed by atoms with Gasteiger partial charge in [0.2, 0.25) is 6.29 Å². The quantitative estimate of drug-likeness (QED) is 0.265. The molecular formula is C18H28O11. The topological polar surface area (TPSA) is 175 Å². The standard InChI is InChI=1S/C18H28O11/c1-7-6-26-16(28-15-13(24)12(23)11(22)9(5-19)27-15)14-17(3,29-8(2)20)4-10(21)18(7,14)25/h6,9-16,19,21-25H,4-5H2,1-3H3/t9-,10+,11-,12-,13-,14-,15+,16-,17-,18-/m1/s1. The molecule has 0 radical (unpaired) electrons. The Bertz CT molecular complexity index is 666. The Balaban J connectivity index is 1.91. The molecule has 11 heteroatoms. The summed E-state index contributed by atoms with van der Waals surface area (Å²) in [4.78, 5) is 11.6. The van der Waals surface area contributed by atoms with Gasteiger partial charge in [0, 0.05) is 13.3 Å². The van der Waals surface area contributed by atoms with E-state index in [0.717, 1.165) is 0 Å². The summed E-state index contributed by atoms with van der Waals surface area (Å²) in [5.41, 5.74) is -2.94. The highest BCUT2D eigenvalue weighted by atomic mass is 16.8. The molecule has 3 aliphatic rings. The van der Waals surface area contributed by atoms with E-state index in [9.17, 15) is 35.4 Å². The second-order valence-corrected chi connectivity index (χ2v) is 8.07. The third kappa shape index (κ3) is 3.55. The maximum Gasteiger partial charge on any atom is 0.303 e. The van der Waals surface area contributed by atoms with Crippen molar-refractivity contribution in [3.05, 3.63) is 11.8 Å². The first-order valence-electron chi connectivity index (χ1n) is 9.34. The summed E-state index contributed by atoms with van der Waals surface area (Å²) >= 11 is 0. The Morgan fingerprint density at radius 2 is 1.86 bits per heavy atom. The third-order valence-electron chi connectivity index (χ3n) is 6.02. The van der Waals surface area contributed by atoms with E-state index in [0.29, 0.717) is 5.57 Å². The van der Waals surface area contributed by atoms with Crippen molar-refractivity contribution in [2.24, 2.45) is 5.92 Å². The first-order valence-corrected chi connectivity index (χ1v) is 9.34. The van der Waals surface area contributed by atoms with Gasteiger partial charge in [-0.1, -0.05) is 0 Å². The van der Waals surface area contributed by atoms with Crippen LogP contribution < -0.4 is 0 Å².